The van der Waals surface area contributed by atoms with Gasteiger partial charge in [0.25, 0.3) is 11.8 Å². The molecule has 2 fully saturated rings. The minimum atomic E-state index is -0.690. The van der Waals surface area contributed by atoms with Crippen LogP contribution in [-0.2, 0) is 4.79 Å². The highest BCUT2D eigenvalue weighted by Crippen LogP contribution is 2.33. The van der Waals surface area contributed by atoms with Crippen molar-refractivity contribution in [1.82, 2.24) is 20.1 Å². The molecule has 0 saturated carbocycles. The number of anilines is 1. The Morgan fingerprint density at radius 2 is 1.89 bits per heavy atom. The van der Waals surface area contributed by atoms with Gasteiger partial charge in [0.2, 0.25) is 5.96 Å². The van der Waals surface area contributed by atoms with Crippen molar-refractivity contribution in [2.45, 2.75) is 31.2 Å². The third-order valence-electron chi connectivity index (χ3n) is 5.69. The van der Waals surface area contributed by atoms with Crippen molar-refractivity contribution < 1.29 is 9.59 Å². The number of aliphatic imine (C=N–C) groups is 1. The molecule has 144 valence electrons. The quantitative estimate of drug-likeness (QED) is 0.829. The van der Waals surface area contributed by atoms with Crippen molar-refractivity contribution in [3.63, 3.8) is 0 Å². The maximum Gasteiger partial charge on any atom is 0.257 e. The van der Waals surface area contributed by atoms with Gasteiger partial charge in [-0.2, -0.15) is 0 Å². The van der Waals surface area contributed by atoms with Crippen LogP contribution in [0, 0.1) is 0 Å². The predicted molar refractivity (Wildman–Crippen MR) is 103 cm³/mol. The van der Waals surface area contributed by atoms with Crippen LogP contribution in [0.4, 0.5) is 5.82 Å². The average molecular weight is 370 g/mol. The van der Waals surface area contributed by atoms with Gasteiger partial charge >= 0.3 is 0 Å². The fourth-order valence-corrected chi connectivity index (χ4v) is 4.04. The van der Waals surface area contributed by atoms with Crippen molar-refractivity contribution in [2.75, 3.05) is 45.2 Å². The molecular weight excluding hydrogens is 344 g/mol. The molecular formula is C19H26N6O2. The highest BCUT2D eigenvalue weighted by Gasteiger charge is 2.46. The lowest BCUT2D eigenvalue weighted by Gasteiger charge is -2.36. The third-order valence-corrected chi connectivity index (χ3v) is 5.69. The second-order valence-corrected chi connectivity index (χ2v) is 7.68. The minimum absolute atomic E-state index is 0.0276. The van der Waals surface area contributed by atoms with E-state index >= 15 is 0 Å². The van der Waals surface area contributed by atoms with Crippen molar-refractivity contribution >= 4 is 23.6 Å². The summed E-state index contributed by atoms with van der Waals surface area (Å²) in [6.07, 6.45) is 5.09. The molecule has 1 aromatic heterocycles. The Kier molecular flexibility index (Phi) is 4.49. The summed E-state index contributed by atoms with van der Waals surface area (Å²) in [5, 5.41) is 2.88. The van der Waals surface area contributed by atoms with Crippen LogP contribution in [-0.4, -0.2) is 78.4 Å². The van der Waals surface area contributed by atoms with E-state index in [1.165, 1.54) is 0 Å². The van der Waals surface area contributed by atoms with Crippen LogP contribution < -0.4 is 10.2 Å². The number of rotatable bonds is 2. The highest BCUT2D eigenvalue weighted by atomic mass is 16.2. The zero-order chi connectivity index (χ0) is 19.0. The molecule has 4 rings (SSSR count). The molecule has 0 aliphatic carbocycles. The Labute approximate surface area is 159 Å². The first-order valence-electron chi connectivity index (χ1n) is 9.58. The SMILES string of the molecule is CN(C)C1=NC2(CCN(c3ncccc3C(=O)N3CCCC3)CC2)C(=O)N1. The standard InChI is InChI=1S/C19H26N6O2/c1-23(2)18-21-17(27)19(22-18)7-12-24(13-8-19)15-14(6-5-9-20-15)16(26)25-10-3-4-11-25/h5-6,9H,3-4,7-8,10-13H2,1-2H3,(H,21,22,27). The van der Waals surface area contributed by atoms with Gasteiger partial charge in [-0.15, -0.1) is 0 Å². The van der Waals surface area contributed by atoms with E-state index in [2.05, 4.69) is 20.2 Å². The summed E-state index contributed by atoms with van der Waals surface area (Å²) >= 11 is 0. The summed E-state index contributed by atoms with van der Waals surface area (Å²) in [7, 11) is 3.74. The number of nitrogens with zero attached hydrogens (tertiary/aromatic N) is 5. The summed E-state index contributed by atoms with van der Waals surface area (Å²) in [6, 6.07) is 3.67. The van der Waals surface area contributed by atoms with Gasteiger partial charge < -0.3 is 14.7 Å². The summed E-state index contributed by atoms with van der Waals surface area (Å²) in [5.41, 5.74) is -0.0343. The molecule has 8 nitrogen and oxygen atoms in total. The van der Waals surface area contributed by atoms with Crippen LogP contribution in [0.5, 0.6) is 0 Å². The molecule has 27 heavy (non-hydrogen) atoms. The molecule has 3 aliphatic heterocycles. The Hall–Kier alpha value is -2.64. The van der Waals surface area contributed by atoms with Crippen LogP contribution in [0.1, 0.15) is 36.0 Å². The Balaban J connectivity index is 1.52. The van der Waals surface area contributed by atoms with Crippen molar-refractivity contribution in [2.24, 2.45) is 4.99 Å². The van der Waals surface area contributed by atoms with E-state index in [9.17, 15) is 9.59 Å². The van der Waals surface area contributed by atoms with Gasteiger partial charge in [-0.1, -0.05) is 0 Å². The van der Waals surface area contributed by atoms with E-state index < -0.39 is 5.54 Å². The number of likely N-dealkylation sites (tertiary alicyclic amines) is 1. The normalized spacial score (nSPS) is 21.4. The molecule has 0 bridgehead atoms. The lowest BCUT2D eigenvalue weighted by Crippen LogP contribution is -2.50. The largest absolute Gasteiger partial charge is 0.356 e. The van der Waals surface area contributed by atoms with E-state index in [1.54, 1.807) is 6.20 Å². The van der Waals surface area contributed by atoms with E-state index in [-0.39, 0.29) is 11.8 Å². The number of hydrogen-bond acceptors (Lipinski definition) is 6. The molecule has 0 unspecified atom stereocenters. The number of hydrogen-bond donors (Lipinski definition) is 1. The number of amides is 2. The second-order valence-electron chi connectivity index (χ2n) is 7.68. The van der Waals surface area contributed by atoms with Crippen molar-refractivity contribution in [3.8, 4) is 0 Å². The van der Waals surface area contributed by atoms with Gasteiger partial charge in [-0.3, -0.25) is 14.9 Å². The Morgan fingerprint density at radius 3 is 2.52 bits per heavy atom. The highest BCUT2D eigenvalue weighted by molar-refractivity contribution is 6.07. The van der Waals surface area contributed by atoms with Crippen LogP contribution in [0.25, 0.3) is 0 Å². The molecule has 3 aliphatic rings. The molecule has 2 amide bonds. The summed E-state index contributed by atoms with van der Waals surface area (Å²) in [5.74, 6) is 1.37. The van der Waals surface area contributed by atoms with Crippen molar-refractivity contribution in [1.29, 1.82) is 0 Å². The van der Waals surface area contributed by atoms with Gasteiger partial charge in [0.15, 0.2) is 0 Å². The van der Waals surface area contributed by atoms with E-state index in [1.807, 2.05) is 36.0 Å². The summed E-state index contributed by atoms with van der Waals surface area (Å²) in [4.78, 5) is 40.4. The summed E-state index contributed by atoms with van der Waals surface area (Å²) < 4.78 is 0. The van der Waals surface area contributed by atoms with Crippen LogP contribution in [0.2, 0.25) is 0 Å². The molecule has 1 N–H and O–H groups in total. The number of pyridine rings is 1. The zero-order valence-corrected chi connectivity index (χ0v) is 15.9. The number of nitrogens with one attached hydrogen (secondary N) is 1. The molecule has 2 saturated heterocycles. The van der Waals surface area contributed by atoms with Crippen molar-refractivity contribution in [3.05, 3.63) is 23.9 Å². The molecule has 4 heterocycles. The number of aromatic nitrogens is 1. The molecule has 0 radical (unpaired) electrons. The average Bonchev–Trinajstić information content (AvgIpc) is 3.31. The number of piperidine rings is 1. The van der Waals surface area contributed by atoms with Crippen LogP contribution in [0.3, 0.4) is 0 Å². The number of carbonyl (C=O) groups excluding carboxylic acids is 2. The first-order chi connectivity index (χ1) is 13.0. The monoisotopic (exact) mass is 370 g/mol. The maximum absolute atomic E-state index is 12.9. The fraction of sp³-hybridized carbons (Fsp3) is 0.579. The Morgan fingerprint density at radius 1 is 1.19 bits per heavy atom. The maximum atomic E-state index is 12.9. The molecule has 8 heteroatoms. The van der Waals surface area contributed by atoms with E-state index in [0.717, 1.165) is 31.7 Å². The zero-order valence-electron chi connectivity index (χ0n) is 15.9. The summed E-state index contributed by atoms with van der Waals surface area (Å²) in [6.45, 7) is 2.93. The molecule has 1 spiro atoms. The van der Waals surface area contributed by atoms with Gasteiger partial charge in [-0.05, 0) is 37.8 Å². The first kappa shape index (κ1) is 17.8. The molecule has 1 aromatic rings. The van der Waals surface area contributed by atoms with Gasteiger partial charge in [-0.25, -0.2) is 9.98 Å². The van der Waals surface area contributed by atoms with E-state index in [4.69, 9.17) is 0 Å². The minimum Gasteiger partial charge on any atom is -0.356 e. The van der Waals surface area contributed by atoms with Crippen LogP contribution in [0.15, 0.2) is 23.3 Å². The number of carbonyl (C=O) groups is 2. The number of guanidine groups is 1. The lowest BCUT2D eigenvalue weighted by molar-refractivity contribution is -0.124. The van der Waals surface area contributed by atoms with E-state index in [0.29, 0.717) is 37.5 Å². The smallest absolute Gasteiger partial charge is 0.257 e. The van der Waals surface area contributed by atoms with Gasteiger partial charge in [0.05, 0.1) is 5.56 Å². The predicted octanol–water partition coefficient (Wildman–Crippen LogP) is 0.704. The third kappa shape index (κ3) is 3.13. The molecule has 0 atom stereocenters. The lowest BCUT2D eigenvalue weighted by atomic mass is 9.88. The first-order valence-corrected chi connectivity index (χ1v) is 9.58. The van der Waals surface area contributed by atoms with Gasteiger partial charge in [0.1, 0.15) is 11.4 Å². The van der Waals surface area contributed by atoms with Crippen LogP contribution >= 0.6 is 0 Å². The molecule has 0 aromatic carbocycles. The van der Waals surface area contributed by atoms with Gasteiger partial charge in [0, 0.05) is 46.5 Å². The second kappa shape index (κ2) is 6.83. The Bertz CT molecular complexity index is 776. The topological polar surface area (TPSA) is 81.1 Å². The fourth-order valence-electron chi connectivity index (χ4n) is 4.04.